The lowest BCUT2D eigenvalue weighted by atomic mass is 10.2. The number of hydrogen-bond acceptors (Lipinski definition) is 2. The maximum atomic E-state index is 8.47. The second-order valence-electron chi connectivity index (χ2n) is 2.90. The summed E-state index contributed by atoms with van der Waals surface area (Å²) in [5, 5.41) is 8.47. The van der Waals surface area contributed by atoms with Crippen molar-refractivity contribution < 1.29 is 4.74 Å². The molecule has 72 valence electrons. The maximum absolute atomic E-state index is 8.47. The van der Waals surface area contributed by atoms with Crippen LogP contribution >= 0.6 is 0 Å². The zero-order valence-electron chi connectivity index (χ0n) is 8.07. The Labute approximate surface area is 84.4 Å². The highest BCUT2D eigenvalue weighted by molar-refractivity contribution is 5.28. The van der Waals surface area contributed by atoms with Crippen molar-refractivity contribution in [1.82, 2.24) is 0 Å². The first-order chi connectivity index (χ1) is 6.86. The van der Waals surface area contributed by atoms with Crippen LogP contribution < -0.4 is 4.74 Å². The molecule has 1 aromatic rings. The van der Waals surface area contributed by atoms with Crippen molar-refractivity contribution >= 4 is 0 Å². The number of nitrogens with zero attached hydrogens (tertiary/aromatic N) is 1. The molecule has 0 saturated carbocycles. The molecule has 0 aliphatic carbocycles. The molecular weight excluding hydrogens is 174 g/mol. The molecule has 1 rings (SSSR count). The van der Waals surface area contributed by atoms with Crippen molar-refractivity contribution in [3.8, 4) is 11.8 Å². The van der Waals surface area contributed by atoms with Gasteiger partial charge in [-0.25, -0.2) is 0 Å². The summed E-state index contributed by atoms with van der Waals surface area (Å²) in [4.78, 5) is 0. The van der Waals surface area contributed by atoms with Gasteiger partial charge in [0.05, 0.1) is 19.1 Å². The summed E-state index contributed by atoms with van der Waals surface area (Å²) in [6.07, 6.45) is 3.12. The van der Waals surface area contributed by atoms with Crippen LogP contribution in [0.25, 0.3) is 0 Å². The fourth-order valence-corrected chi connectivity index (χ4v) is 1.05. The van der Waals surface area contributed by atoms with Crippen molar-refractivity contribution in [3.63, 3.8) is 0 Å². The van der Waals surface area contributed by atoms with Gasteiger partial charge in [0.1, 0.15) is 5.75 Å². The number of benzene rings is 1. The lowest BCUT2D eigenvalue weighted by molar-refractivity contribution is 0.325. The molecule has 0 spiro atoms. The summed E-state index contributed by atoms with van der Waals surface area (Å²) in [6, 6.07) is 9.69. The fraction of sp³-hybridized carbons (Fsp3) is 0.250. The van der Waals surface area contributed by atoms with E-state index in [0.717, 1.165) is 17.7 Å². The third kappa shape index (κ3) is 3.32. The largest absolute Gasteiger partial charge is 0.493 e. The molecule has 2 heteroatoms. The standard InChI is InChI=1S/C12H13NO/c1-2-3-10-14-12-6-4-11(5-7-12)8-9-13/h2,4-7H,1,3,8,10H2. The zero-order valence-corrected chi connectivity index (χ0v) is 8.07. The Morgan fingerprint density at radius 2 is 2.07 bits per heavy atom. The normalized spacial score (nSPS) is 9.07. The number of rotatable bonds is 5. The molecule has 0 aliphatic heterocycles. The number of nitriles is 1. The highest BCUT2D eigenvalue weighted by atomic mass is 16.5. The predicted molar refractivity (Wildman–Crippen MR) is 56.1 cm³/mol. The first-order valence-corrected chi connectivity index (χ1v) is 4.56. The van der Waals surface area contributed by atoms with Crippen molar-refractivity contribution in [2.24, 2.45) is 0 Å². The minimum absolute atomic E-state index is 0.451. The van der Waals surface area contributed by atoms with Crippen LogP contribution in [0.15, 0.2) is 36.9 Å². The summed E-state index contributed by atoms with van der Waals surface area (Å²) in [6.45, 7) is 4.27. The molecule has 0 bridgehead atoms. The van der Waals surface area contributed by atoms with Crippen LogP contribution in [0, 0.1) is 11.3 Å². The van der Waals surface area contributed by atoms with Gasteiger partial charge < -0.3 is 4.74 Å². The average molecular weight is 187 g/mol. The molecule has 0 aliphatic rings. The monoisotopic (exact) mass is 187 g/mol. The highest BCUT2D eigenvalue weighted by Gasteiger charge is 1.94. The summed E-state index contributed by atoms with van der Waals surface area (Å²) in [5.41, 5.74) is 1.02. The van der Waals surface area contributed by atoms with Gasteiger partial charge in [0.2, 0.25) is 0 Å². The van der Waals surface area contributed by atoms with E-state index in [-0.39, 0.29) is 0 Å². The van der Waals surface area contributed by atoms with Crippen molar-refractivity contribution in [2.45, 2.75) is 12.8 Å². The molecular formula is C12H13NO. The van der Waals surface area contributed by atoms with Gasteiger partial charge in [-0.1, -0.05) is 18.2 Å². The predicted octanol–water partition coefficient (Wildman–Crippen LogP) is 2.71. The van der Waals surface area contributed by atoms with E-state index in [1.807, 2.05) is 30.3 Å². The zero-order chi connectivity index (χ0) is 10.2. The van der Waals surface area contributed by atoms with E-state index in [2.05, 4.69) is 12.6 Å². The van der Waals surface area contributed by atoms with Crippen molar-refractivity contribution in [1.29, 1.82) is 5.26 Å². The summed E-state index contributed by atoms with van der Waals surface area (Å²) in [5.74, 6) is 0.841. The first kappa shape index (κ1) is 10.3. The van der Waals surface area contributed by atoms with Crippen LogP contribution in [-0.2, 0) is 6.42 Å². The molecule has 0 atom stereocenters. The molecule has 0 radical (unpaired) electrons. The molecule has 0 unspecified atom stereocenters. The van der Waals surface area contributed by atoms with E-state index >= 15 is 0 Å². The molecule has 0 amide bonds. The van der Waals surface area contributed by atoms with Crippen molar-refractivity contribution in [3.05, 3.63) is 42.5 Å². The molecule has 0 fully saturated rings. The smallest absolute Gasteiger partial charge is 0.119 e. The Morgan fingerprint density at radius 3 is 2.64 bits per heavy atom. The molecule has 0 N–H and O–H groups in total. The molecule has 2 nitrogen and oxygen atoms in total. The third-order valence-corrected chi connectivity index (χ3v) is 1.80. The van der Waals surface area contributed by atoms with E-state index in [1.165, 1.54) is 0 Å². The van der Waals surface area contributed by atoms with Gasteiger partial charge in [0.25, 0.3) is 0 Å². The Hall–Kier alpha value is -1.75. The molecule has 0 heterocycles. The Balaban J connectivity index is 2.47. The van der Waals surface area contributed by atoms with Gasteiger partial charge in [0.15, 0.2) is 0 Å². The molecule has 14 heavy (non-hydrogen) atoms. The van der Waals surface area contributed by atoms with Gasteiger partial charge in [-0.2, -0.15) is 5.26 Å². The molecule has 0 saturated heterocycles. The highest BCUT2D eigenvalue weighted by Crippen LogP contribution is 2.12. The van der Waals surface area contributed by atoms with Crippen LogP contribution in [0.2, 0.25) is 0 Å². The number of hydrogen-bond donors (Lipinski definition) is 0. The Morgan fingerprint density at radius 1 is 1.36 bits per heavy atom. The summed E-state index contributed by atoms with van der Waals surface area (Å²) < 4.78 is 5.43. The topological polar surface area (TPSA) is 33.0 Å². The van der Waals surface area contributed by atoms with Crippen LogP contribution in [-0.4, -0.2) is 6.61 Å². The lowest BCUT2D eigenvalue weighted by Crippen LogP contribution is -1.95. The second kappa shape index (κ2) is 5.82. The SMILES string of the molecule is C=CCCOc1ccc(CC#N)cc1. The second-order valence-corrected chi connectivity index (χ2v) is 2.90. The lowest BCUT2D eigenvalue weighted by Gasteiger charge is -2.04. The van der Waals surface area contributed by atoms with Crippen LogP contribution in [0.5, 0.6) is 5.75 Å². The van der Waals surface area contributed by atoms with E-state index in [0.29, 0.717) is 13.0 Å². The van der Waals surface area contributed by atoms with Crippen LogP contribution in [0.4, 0.5) is 0 Å². The Kier molecular flexibility index (Phi) is 4.30. The van der Waals surface area contributed by atoms with Crippen molar-refractivity contribution in [2.75, 3.05) is 6.61 Å². The van der Waals surface area contributed by atoms with Gasteiger partial charge in [-0.3, -0.25) is 0 Å². The summed E-state index contributed by atoms with van der Waals surface area (Å²) >= 11 is 0. The third-order valence-electron chi connectivity index (χ3n) is 1.80. The average Bonchev–Trinajstić information content (AvgIpc) is 2.21. The quantitative estimate of drug-likeness (QED) is 0.524. The van der Waals surface area contributed by atoms with Crippen LogP contribution in [0.3, 0.4) is 0 Å². The fourth-order valence-electron chi connectivity index (χ4n) is 1.05. The van der Waals surface area contributed by atoms with Gasteiger partial charge in [-0.15, -0.1) is 6.58 Å². The van der Waals surface area contributed by atoms with Gasteiger partial charge in [0, 0.05) is 0 Å². The molecule has 0 aromatic heterocycles. The van der Waals surface area contributed by atoms with E-state index in [4.69, 9.17) is 10.00 Å². The minimum Gasteiger partial charge on any atom is -0.493 e. The van der Waals surface area contributed by atoms with Gasteiger partial charge in [-0.05, 0) is 24.1 Å². The minimum atomic E-state index is 0.451. The first-order valence-electron chi connectivity index (χ1n) is 4.56. The Bertz CT molecular complexity index is 321. The van der Waals surface area contributed by atoms with E-state index in [1.54, 1.807) is 0 Å². The van der Waals surface area contributed by atoms with E-state index < -0.39 is 0 Å². The maximum Gasteiger partial charge on any atom is 0.119 e. The number of ether oxygens (including phenoxy) is 1. The van der Waals surface area contributed by atoms with E-state index in [9.17, 15) is 0 Å². The van der Waals surface area contributed by atoms with Gasteiger partial charge >= 0.3 is 0 Å². The molecule has 1 aromatic carbocycles. The summed E-state index contributed by atoms with van der Waals surface area (Å²) in [7, 11) is 0. The van der Waals surface area contributed by atoms with Crippen LogP contribution in [0.1, 0.15) is 12.0 Å².